The van der Waals surface area contributed by atoms with Crippen LogP contribution < -0.4 is 5.32 Å². The number of hydrogen-bond acceptors (Lipinski definition) is 3. The van der Waals surface area contributed by atoms with Crippen LogP contribution in [-0.2, 0) is 0 Å². The second-order valence-electron chi connectivity index (χ2n) is 3.52. The van der Waals surface area contributed by atoms with E-state index in [1.165, 1.54) is 0 Å². The summed E-state index contributed by atoms with van der Waals surface area (Å²) in [4.78, 5) is 10.5. The molecule has 0 saturated heterocycles. The van der Waals surface area contributed by atoms with Crippen molar-refractivity contribution in [3.8, 4) is 0 Å². The molecule has 4 nitrogen and oxygen atoms in total. The maximum Gasteiger partial charge on any atom is 0.268 e. The Morgan fingerprint density at radius 2 is 2.20 bits per heavy atom. The monoisotopic (exact) mass is 204 g/mol. The highest BCUT2D eigenvalue weighted by atomic mass is 16.6. The number of rotatable bonds is 2. The lowest BCUT2D eigenvalue weighted by atomic mass is 10.0. The second-order valence-corrected chi connectivity index (χ2v) is 3.52. The van der Waals surface area contributed by atoms with Crippen LogP contribution in [0.1, 0.15) is 18.9 Å². The van der Waals surface area contributed by atoms with Gasteiger partial charge in [-0.15, -0.1) is 0 Å². The number of nitrogens with one attached hydrogen (secondary N) is 1. The first-order chi connectivity index (χ1) is 7.22. The molecule has 0 aromatic heterocycles. The van der Waals surface area contributed by atoms with Gasteiger partial charge in [-0.2, -0.15) is 0 Å². The predicted octanol–water partition coefficient (Wildman–Crippen LogP) is 2.51. The summed E-state index contributed by atoms with van der Waals surface area (Å²) in [5, 5.41) is 14.0. The highest BCUT2D eigenvalue weighted by Crippen LogP contribution is 2.28. The van der Waals surface area contributed by atoms with E-state index in [4.69, 9.17) is 0 Å². The van der Waals surface area contributed by atoms with E-state index in [1.807, 2.05) is 31.2 Å². The van der Waals surface area contributed by atoms with E-state index >= 15 is 0 Å². The molecule has 1 N–H and O–H groups in total. The van der Waals surface area contributed by atoms with Gasteiger partial charge in [0.15, 0.2) is 0 Å². The van der Waals surface area contributed by atoms with E-state index in [0.29, 0.717) is 6.42 Å². The van der Waals surface area contributed by atoms with Crippen LogP contribution in [0.25, 0.3) is 6.08 Å². The molecule has 1 aliphatic rings. The second kappa shape index (κ2) is 3.73. The van der Waals surface area contributed by atoms with Gasteiger partial charge in [0.05, 0.1) is 4.92 Å². The third kappa shape index (κ3) is 1.70. The summed E-state index contributed by atoms with van der Waals surface area (Å²) in [6, 6.07) is 7.42. The first-order valence-corrected chi connectivity index (χ1v) is 4.94. The van der Waals surface area contributed by atoms with Crippen molar-refractivity contribution < 1.29 is 4.92 Å². The summed E-state index contributed by atoms with van der Waals surface area (Å²) in [6.07, 6.45) is 2.36. The summed E-state index contributed by atoms with van der Waals surface area (Å²) in [7, 11) is 0. The normalized spacial score (nSPS) is 18.7. The van der Waals surface area contributed by atoms with Crippen LogP contribution in [0.5, 0.6) is 0 Å². The zero-order valence-electron chi connectivity index (χ0n) is 8.43. The summed E-state index contributed by atoms with van der Waals surface area (Å²) in [5.41, 5.74) is 2.10. The molecule has 1 atom stereocenters. The molecule has 15 heavy (non-hydrogen) atoms. The Morgan fingerprint density at radius 3 is 2.87 bits per heavy atom. The molecule has 0 aliphatic carbocycles. The summed E-state index contributed by atoms with van der Waals surface area (Å²) >= 11 is 0. The van der Waals surface area contributed by atoms with Crippen molar-refractivity contribution in [2.75, 3.05) is 5.32 Å². The zero-order valence-corrected chi connectivity index (χ0v) is 8.43. The number of fused-ring (bicyclic) bond motifs is 1. The van der Waals surface area contributed by atoms with E-state index in [0.717, 1.165) is 11.3 Å². The standard InChI is InChI=1S/C11H12N2O2/c1-2-9-11(13(14)15)7-8-5-3-4-6-10(8)12-9/h3-7,9,12H,2H2,1H3. The van der Waals surface area contributed by atoms with Crippen LogP contribution in [0.4, 0.5) is 5.69 Å². The lowest BCUT2D eigenvalue weighted by molar-refractivity contribution is -0.427. The molecule has 0 amide bonds. The quantitative estimate of drug-likeness (QED) is 0.594. The van der Waals surface area contributed by atoms with Crippen molar-refractivity contribution >= 4 is 11.8 Å². The molecule has 1 unspecified atom stereocenters. The van der Waals surface area contributed by atoms with Gasteiger partial charge in [0.2, 0.25) is 0 Å². The van der Waals surface area contributed by atoms with Crippen molar-refractivity contribution in [1.82, 2.24) is 0 Å². The minimum absolute atomic E-state index is 0.185. The van der Waals surface area contributed by atoms with Gasteiger partial charge in [-0.05, 0) is 12.5 Å². The molecule has 1 aliphatic heterocycles. The molecule has 1 aromatic carbocycles. The highest BCUT2D eigenvalue weighted by Gasteiger charge is 2.27. The fourth-order valence-corrected chi connectivity index (χ4v) is 1.77. The molecule has 2 rings (SSSR count). The summed E-state index contributed by atoms with van der Waals surface area (Å²) < 4.78 is 0. The van der Waals surface area contributed by atoms with Crippen LogP contribution in [0.2, 0.25) is 0 Å². The SMILES string of the molecule is CCC1Nc2ccccc2C=C1[N+](=O)[O-]. The molecule has 1 aromatic rings. The Kier molecular flexibility index (Phi) is 2.41. The Hall–Kier alpha value is -1.84. The van der Waals surface area contributed by atoms with Crippen LogP contribution in [0.15, 0.2) is 30.0 Å². The summed E-state index contributed by atoms with van der Waals surface area (Å²) in [6.45, 7) is 1.93. The van der Waals surface area contributed by atoms with E-state index in [1.54, 1.807) is 6.08 Å². The Labute approximate surface area is 87.8 Å². The fraction of sp³-hybridized carbons (Fsp3) is 0.273. The van der Waals surface area contributed by atoms with E-state index in [2.05, 4.69) is 5.32 Å². The maximum absolute atomic E-state index is 10.8. The first-order valence-electron chi connectivity index (χ1n) is 4.94. The van der Waals surface area contributed by atoms with E-state index in [-0.39, 0.29) is 16.7 Å². The lowest BCUT2D eigenvalue weighted by Crippen LogP contribution is -2.28. The molecular weight excluding hydrogens is 192 g/mol. The van der Waals surface area contributed by atoms with Crippen LogP contribution in [0, 0.1) is 10.1 Å². The molecule has 78 valence electrons. The van der Waals surface area contributed by atoms with Crippen molar-refractivity contribution in [3.05, 3.63) is 45.6 Å². The third-order valence-electron chi connectivity index (χ3n) is 2.57. The number of para-hydroxylation sites is 1. The van der Waals surface area contributed by atoms with Crippen LogP contribution >= 0.6 is 0 Å². The molecule has 0 saturated carbocycles. The van der Waals surface area contributed by atoms with Gasteiger partial charge in [0.1, 0.15) is 6.04 Å². The average Bonchev–Trinajstić information content (AvgIpc) is 2.27. The van der Waals surface area contributed by atoms with Gasteiger partial charge < -0.3 is 5.32 Å². The number of anilines is 1. The molecule has 1 heterocycles. The van der Waals surface area contributed by atoms with Gasteiger partial charge >= 0.3 is 0 Å². The Morgan fingerprint density at radius 1 is 1.47 bits per heavy atom. The van der Waals surface area contributed by atoms with Gasteiger partial charge in [-0.1, -0.05) is 25.1 Å². The van der Waals surface area contributed by atoms with Crippen molar-refractivity contribution in [3.63, 3.8) is 0 Å². The largest absolute Gasteiger partial charge is 0.372 e. The summed E-state index contributed by atoms with van der Waals surface area (Å²) in [5.74, 6) is 0. The van der Waals surface area contributed by atoms with Gasteiger partial charge in [0, 0.05) is 17.3 Å². The number of benzene rings is 1. The maximum atomic E-state index is 10.8. The minimum atomic E-state index is -0.308. The van der Waals surface area contributed by atoms with Crippen molar-refractivity contribution in [2.24, 2.45) is 0 Å². The van der Waals surface area contributed by atoms with Crippen molar-refractivity contribution in [2.45, 2.75) is 19.4 Å². The Bertz CT molecular complexity index is 426. The lowest BCUT2D eigenvalue weighted by Gasteiger charge is -2.21. The number of nitro groups is 1. The molecule has 0 fully saturated rings. The van der Waals surface area contributed by atoms with Gasteiger partial charge in [-0.25, -0.2) is 0 Å². The van der Waals surface area contributed by atoms with Gasteiger partial charge in [0.25, 0.3) is 5.70 Å². The smallest absolute Gasteiger partial charge is 0.268 e. The van der Waals surface area contributed by atoms with Crippen molar-refractivity contribution in [1.29, 1.82) is 0 Å². The topological polar surface area (TPSA) is 55.2 Å². The molecular formula is C11H12N2O2. The molecule has 0 spiro atoms. The van der Waals surface area contributed by atoms with Crippen LogP contribution in [-0.4, -0.2) is 11.0 Å². The Balaban J connectivity index is 2.46. The molecule has 0 bridgehead atoms. The van der Waals surface area contributed by atoms with E-state index in [9.17, 15) is 10.1 Å². The zero-order chi connectivity index (χ0) is 10.8. The molecule has 0 radical (unpaired) electrons. The van der Waals surface area contributed by atoms with E-state index < -0.39 is 0 Å². The number of hydrogen-bond donors (Lipinski definition) is 1. The highest BCUT2D eigenvalue weighted by molar-refractivity contribution is 5.71. The molecule has 4 heteroatoms. The first kappa shape index (κ1) is 9.71. The van der Waals surface area contributed by atoms with Gasteiger partial charge in [-0.3, -0.25) is 10.1 Å². The minimum Gasteiger partial charge on any atom is -0.372 e. The van der Waals surface area contributed by atoms with Crippen LogP contribution in [0.3, 0.4) is 0 Å². The predicted molar refractivity (Wildman–Crippen MR) is 59.1 cm³/mol. The third-order valence-corrected chi connectivity index (χ3v) is 2.57. The fourth-order valence-electron chi connectivity index (χ4n) is 1.77. The number of nitrogens with zero attached hydrogens (tertiary/aromatic N) is 1. The average molecular weight is 204 g/mol.